The lowest BCUT2D eigenvalue weighted by molar-refractivity contribution is -0.142. The number of ether oxygens (including phenoxy) is 1. The molecule has 2 atom stereocenters. The van der Waals surface area contributed by atoms with Crippen molar-refractivity contribution in [2.45, 2.75) is 57.7 Å². The largest absolute Gasteiger partial charge is 0.480 e. The van der Waals surface area contributed by atoms with Gasteiger partial charge in [-0.15, -0.1) is 0 Å². The number of carboxylic acids is 1. The molecule has 0 spiro atoms. The Morgan fingerprint density at radius 1 is 1.09 bits per heavy atom. The predicted octanol–water partition coefficient (Wildman–Crippen LogP) is 2.29. The third kappa shape index (κ3) is 8.89. The number of thioether (sulfide) groups is 1. The highest BCUT2D eigenvalue weighted by Gasteiger charge is 2.33. The normalized spacial score (nSPS) is 16.3. The zero-order valence-corrected chi connectivity index (χ0v) is 21.0. The number of nitrogens with zero attached hydrogens (tertiary/aromatic N) is 1. The van der Waals surface area contributed by atoms with Crippen LogP contribution in [0, 0.1) is 5.92 Å². The first kappa shape index (κ1) is 27.5. The van der Waals surface area contributed by atoms with Gasteiger partial charge in [0.05, 0.1) is 0 Å². The highest BCUT2D eigenvalue weighted by Crippen LogP contribution is 2.20. The molecule has 1 aliphatic heterocycles. The van der Waals surface area contributed by atoms with E-state index in [4.69, 9.17) is 4.74 Å². The van der Waals surface area contributed by atoms with E-state index in [9.17, 15) is 24.3 Å². The number of nitrogens with one attached hydrogen (secondary N) is 2. The zero-order chi connectivity index (χ0) is 25.3. The van der Waals surface area contributed by atoms with Crippen LogP contribution in [-0.4, -0.2) is 76.7 Å². The Bertz CT molecular complexity index is 850. The molecule has 1 fully saturated rings. The number of alkyl carbamates (subject to hydrolysis) is 1. The van der Waals surface area contributed by atoms with Crippen LogP contribution in [0.5, 0.6) is 0 Å². The summed E-state index contributed by atoms with van der Waals surface area (Å²) in [6, 6.07) is 7.66. The molecule has 9 nitrogen and oxygen atoms in total. The van der Waals surface area contributed by atoms with Crippen molar-refractivity contribution in [3.8, 4) is 0 Å². The molecule has 1 aromatic carbocycles. The number of likely N-dealkylation sites (tertiary alicyclic amines) is 1. The number of amides is 3. The van der Waals surface area contributed by atoms with E-state index in [0.717, 1.165) is 5.56 Å². The summed E-state index contributed by atoms with van der Waals surface area (Å²) >= 11 is 1.35. The highest BCUT2D eigenvalue weighted by molar-refractivity contribution is 7.98. The molecule has 1 saturated heterocycles. The maximum Gasteiger partial charge on any atom is 0.408 e. The van der Waals surface area contributed by atoms with Crippen LogP contribution in [0.2, 0.25) is 0 Å². The van der Waals surface area contributed by atoms with Gasteiger partial charge in [-0.1, -0.05) is 30.3 Å². The van der Waals surface area contributed by atoms with E-state index in [-0.39, 0.29) is 23.5 Å². The van der Waals surface area contributed by atoms with E-state index in [0.29, 0.717) is 32.4 Å². The minimum atomic E-state index is -1.06. The van der Waals surface area contributed by atoms with Crippen LogP contribution in [-0.2, 0) is 25.5 Å². The topological polar surface area (TPSA) is 125 Å². The summed E-state index contributed by atoms with van der Waals surface area (Å²) in [7, 11) is 0. The molecule has 1 heterocycles. The Kier molecular flexibility index (Phi) is 10.2. The molecule has 188 valence electrons. The molecule has 0 saturated carbocycles. The number of hydrogen-bond donors (Lipinski definition) is 3. The third-order valence-corrected chi connectivity index (χ3v) is 6.06. The Morgan fingerprint density at radius 3 is 2.24 bits per heavy atom. The van der Waals surface area contributed by atoms with E-state index in [1.54, 1.807) is 31.9 Å². The van der Waals surface area contributed by atoms with Gasteiger partial charge in [0.15, 0.2) is 0 Å². The monoisotopic (exact) mass is 493 g/mol. The number of hydrogen-bond acceptors (Lipinski definition) is 6. The molecule has 0 radical (unpaired) electrons. The second-order valence-corrected chi connectivity index (χ2v) is 10.3. The summed E-state index contributed by atoms with van der Waals surface area (Å²) in [5, 5.41) is 14.6. The van der Waals surface area contributed by atoms with Crippen LogP contribution in [0.15, 0.2) is 30.3 Å². The van der Waals surface area contributed by atoms with Crippen LogP contribution in [0.25, 0.3) is 0 Å². The number of carbonyl (C=O) groups excluding carboxylic acids is 3. The van der Waals surface area contributed by atoms with Crippen LogP contribution >= 0.6 is 11.8 Å². The molecule has 2 unspecified atom stereocenters. The molecular weight excluding hydrogens is 458 g/mol. The highest BCUT2D eigenvalue weighted by atomic mass is 32.2. The number of carboxylic acid groups (broad SMARTS) is 1. The van der Waals surface area contributed by atoms with Crippen molar-refractivity contribution in [2.75, 3.05) is 25.1 Å². The SMILES string of the molecule is CSCC(NC(=O)C1CCN(C(=O)C(Cc2ccccc2)NC(=O)OC(C)(C)C)CC1)C(=O)O. The van der Waals surface area contributed by atoms with Gasteiger partial charge in [-0.3, -0.25) is 9.59 Å². The first-order valence-electron chi connectivity index (χ1n) is 11.3. The van der Waals surface area contributed by atoms with E-state index < -0.39 is 29.7 Å². The van der Waals surface area contributed by atoms with Crippen molar-refractivity contribution in [1.82, 2.24) is 15.5 Å². The smallest absolute Gasteiger partial charge is 0.408 e. The lowest BCUT2D eigenvalue weighted by Gasteiger charge is -2.34. The van der Waals surface area contributed by atoms with E-state index >= 15 is 0 Å². The van der Waals surface area contributed by atoms with Gasteiger partial charge < -0.3 is 25.4 Å². The van der Waals surface area contributed by atoms with Gasteiger partial charge in [0, 0.05) is 31.2 Å². The zero-order valence-electron chi connectivity index (χ0n) is 20.2. The molecule has 3 amide bonds. The molecule has 2 rings (SSSR count). The summed E-state index contributed by atoms with van der Waals surface area (Å²) in [6.45, 7) is 5.95. The number of carbonyl (C=O) groups is 4. The minimum Gasteiger partial charge on any atom is -0.480 e. The number of aliphatic carboxylic acids is 1. The Morgan fingerprint density at radius 2 is 1.71 bits per heavy atom. The molecule has 0 aromatic heterocycles. The molecule has 10 heteroatoms. The maximum absolute atomic E-state index is 13.3. The molecule has 34 heavy (non-hydrogen) atoms. The summed E-state index contributed by atoms with van der Waals surface area (Å²) < 4.78 is 5.34. The first-order chi connectivity index (χ1) is 16.0. The van der Waals surface area contributed by atoms with E-state index in [2.05, 4.69) is 10.6 Å². The fraction of sp³-hybridized carbons (Fsp3) is 0.583. The van der Waals surface area contributed by atoms with Gasteiger partial charge in [0.25, 0.3) is 0 Å². The number of benzene rings is 1. The average Bonchev–Trinajstić information content (AvgIpc) is 2.77. The third-order valence-electron chi connectivity index (χ3n) is 5.40. The van der Waals surface area contributed by atoms with Gasteiger partial charge in [0.1, 0.15) is 17.7 Å². The fourth-order valence-electron chi connectivity index (χ4n) is 3.71. The Balaban J connectivity index is 2.01. The number of piperidine rings is 1. The quantitative estimate of drug-likeness (QED) is 0.482. The van der Waals surface area contributed by atoms with Gasteiger partial charge in [0.2, 0.25) is 11.8 Å². The molecule has 1 aromatic rings. The van der Waals surface area contributed by atoms with Crippen molar-refractivity contribution in [2.24, 2.45) is 5.92 Å². The lowest BCUT2D eigenvalue weighted by atomic mass is 9.94. The van der Waals surface area contributed by atoms with E-state index in [1.807, 2.05) is 30.3 Å². The maximum atomic E-state index is 13.3. The molecule has 0 aliphatic carbocycles. The first-order valence-corrected chi connectivity index (χ1v) is 12.7. The van der Waals surface area contributed by atoms with Gasteiger partial charge in [-0.25, -0.2) is 9.59 Å². The van der Waals surface area contributed by atoms with Crippen molar-refractivity contribution in [3.63, 3.8) is 0 Å². The predicted molar refractivity (Wildman–Crippen MR) is 131 cm³/mol. The fourth-order valence-corrected chi connectivity index (χ4v) is 4.27. The standard InChI is InChI=1S/C24H35N3O6S/c1-24(2,3)33-23(32)26-18(14-16-8-6-5-7-9-16)21(29)27-12-10-17(11-13-27)20(28)25-19(15-34-4)22(30)31/h5-9,17-19H,10-15H2,1-4H3,(H,25,28)(H,26,32)(H,30,31). The Hall–Kier alpha value is -2.75. The lowest BCUT2D eigenvalue weighted by Crippen LogP contribution is -2.53. The second-order valence-electron chi connectivity index (χ2n) is 9.34. The van der Waals surface area contributed by atoms with Gasteiger partial charge in [-0.05, 0) is 45.4 Å². The van der Waals surface area contributed by atoms with Crippen LogP contribution in [0.1, 0.15) is 39.2 Å². The summed E-state index contributed by atoms with van der Waals surface area (Å²) in [6.07, 6.45) is 2.28. The van der Waals surface area contributed by atoms with Crippen molar-refractivity contribution in [1.29, 1.82) is 0 Å². The summed E-state index contributed by atoms with van der Waals surface area (Å²) in [5.74, 6) is -1.68. The molecule has 3 N–H and O–H groups in total. The molecule has 1 aliphatic rings. The van der Waals surface area contributed by atoms with Crippen LogP contribution in [0.4, 0.5) is 4.79 Å². The second kappa shape index (κ2) is 12.6. The van der Waals surface area contributed by atoms with Crippen LogP contribution < -0.4 is 10.6 Å². The molecular formula is C24H35N3O6S. The van der Waals surface area contributed by atoms with E-state index in [1.165, 1.54) is 11.8 Å². The van der Waals surface area contributed by atoms with Crippen molar-refractivity contribution >= 4 is 35.6 Å². The summed E-state index contributed by atoms with van der Waals surface area (Å²) in [4.78, 5) is 51.2. The number of rotatable bonds is 9. The van der Waals surface area contributed by atoms with Crippen molar-refractivity contribution < 1.29 is 29.0 Å². The Labute approximate surface area is 205 Å². The van der Waals surface area contributed by atoms with Crippen LogP contribution in [0.3, 0.4) is 0 Å². The van der Waals surface area contributed by atoms with Crippen molar-refractivity contribution in [3.05, 3.63) is 35.9 Å². The average molecular weight is 494 g/mol. The minimum absolute atomic E-state index is 0.237. The molecule has 0 bridgehead atoms. The summed E-state index contributed by atoms with van der Waals surface area (Å²) in [5.41, 5.74) is 0.208. The van der Waals surface area contributed by atoms with Gasteiger partial charge >= 0.3 is 12.1 Å². The van der Waals surface area contributed by atoms with Gasteiger partial charge in [-0.2, -0.15) is 11.8 Å².